The first-order chi connectivity index (χ1) is 7.77. The van der Waals surface area contributed by atoms with Gasteiger partial charge in [-0.05, 0) is 10.4 Å². The van der Waals surface area contributed by atoms with Gasteiger partial charge in [0.2, 0.25) is 5.16 Å². The highest BCUT2D eigenvalue weighted by Crippen LogP contribution is 2.14. The van der Waals surface area contributed by atoms with E-state index in [2.05, 4.69) is 15.5 Å². The molecule has 2 aromatic rings. The smallest absolute Gasteiger partial charge is 0.209 e. The topological polar surface area (TPSA) is 60.7 Å². The number of hydrogen-bond acceptors (Lipinski definition) is 5. The van der Waals surface area contributed by atoms with Gasteiger partial charge >= 0.3 is 0 Å². The van der Waals surface area contributed by atoms with Crippen LogP contribution in [0.2, 0.25) is 0 Å². The van der Waals surface area contributed by atoms with Crippen molar-refractivity contribution < 1.29 is 4.79 Å². The molecule has 6 heteroatoms. The van der Waals surface area contributed by atoms with Gasteiger partial charge in [-0.1, -0.05) is 42.1 Å². The molecule has 0 spiro atoms. The van der Waals surface area contributed by atoms with Crippen molar-refractivity contribution in [2.75, 3.05) is 5.75 Å². The summed E-state index contributed by atoms with van der Waals surface area (Å²) in [5.74, 6) is 0.423. The Balaban J connectivity index is 1.97. The third kappa shape index (κ3) is 2.46. The van der Waals surface area contributed by atoms with E-state index >= 15 is 0 Å². The molecule has 0 saturated carbocycles. The summed E-state index contributed by atoms with van der Waals surface area (Å²) in [7, 11) is 1.75. The first-order valence-electron chi connectivity index (χ1n) is 4.71. The second-order valence-electron chi connectivity index (χ2n) is 3.16. The van der Waals surface area contributed by atoms with E-state index in [-0.39, 0.29) is 5.78 Å². The third-order valence-electron chi connectivity index (χ3n) is 2.01. The maximum atomic E-state index is 11.8. The molecule has 82 valence electrons. The molecule has 1 aromatic heterocycles. The molecule has 0 fully saturated rings. The Morgan fingerprint density at radius 3 is 2.75 bits per heavy atom. The Labute approximate surface area is 96.9 Å². The van der Waals surface area contributed by atoms with Crippen LogP contribution in [0.4, 0.5) is 0 Å². The van der Waals surface area contributed by atoms with Crippen LogP contribution in [0, 0.1) is 0 Å². The van der Waals surface area contributed by atoms with Gasteiger partial charge in [-0.25, -0.2) is 4.68 Å². The van der Waals surface area contributed by atoms with Crippen molar-refractivity contribution in [3.63, 3.8) is 0 Å². The van der Waals surface area contributed by atoms with Crippen molar-refractivity contribution in [2.45, 2.75) is 5.16 Å². The predicted molar refractivity (Wildman–Crippen MR) is 60.3 cm³/mol. The SMILES string of the molecule is Cn1nnnc1SCC(=O)c1ccccc1. The van der Waals surface area contributed by atoms with Crippen LogP contribution in [0.25, 0.3) is 0 Å². The lowest BCUT2D eigenvalue weighted by Gasteiger charge is -1.99. The van der Waals surface area contributed by atoms with Crippen molar-refractivity contribution >= 4 is 17.5 Å². The van der Waals surface area contributed by atoms with Crippen LogP contribution in [0.3, 0.4) is 0 Å². The summed E-state index contributed by atoms with van der Waals surface area (Å²) < 4.78 is 1.54. The second-order valence-corrected chi connectivity index (χ2v) is 4.11. The monoisotopic (exact) mass is 234 g/mol. The summed E-state index contributed by atoms with van der Waals surface area (Å²) >= 11 is 1.33. The molecule has 0 saturated heterocycles. The van der Waals surface area contributed by atoms with Gasteiger partial charge in [-0.2, -0.15) is 0 Å². The molecule has 0 bridgehead atoms. The van der Waals surface area contributed by atoms with Crippen molar-refractivity contribution in [1.29, 1.82) is 0 Å². The van der Waals surface area contributed by atoms with Crippen LogP contribution in [0.1, 0.15) is 10.4 Å². The van der Waals surface area contributed by atoms with Gasteiger partial charge in [0, 0.05) is 12.6 Å². The van der Waals surface area contributed by atoms with Crippen molar-refractivity contribution in [2.24, 2.45) is 7.05 Å². The van der Waals surface area contributed by atoms with E-state index in [0.717, 1.165) is 0 Å². The number of ketones is 1. The average molecular weight is 234 g/mol. The lowest BCUT2D eigenvalue weighted by atomic mass is 10.2. The molecule has 16 heavy (non-hydrogen) atoms. The normalized spacial score (nSPS) is 10.3. The Hall–Kier alpha value is -1.69. The maximum Gasteiger partial charge on any atom is 0.209 e. The van der Waals surface area contributed by atoms with Crippen LogP contribution in [-0.4, -0.2) is 31.7 Å². The van der Waals surface area contributed by atoms with E-state index in [1.54, 1.807) is 23.9 Å². The number of carbonyl (C=O) groups excluding carboxylic acids is 1. The number of carbonyl (C=O) groups is 1. The Morgan fingerprint density at radius 2 is 2.12 bits per heavy atom. The summed E-state index contributed by atoms with van der Waals surface area (Å²) in [4.78, 5) is 11.8. The molecular weight excluding hydrogens is 224 g/mol. The fourth-order valence-electron chi connectivity index (χ4n) is 1.18. The zero-order valence-corrected chi connectivity index (χ0v) is 9.52. The molecule has 0 unspecified atom stereocenters. The molecule has 1 aromatic carbocycles. The van der Waals surface area contributed by atoms with Gasteiger partial charge in [0.1, 0.15) is 0 Å². The predicted octanol–water partition coefficient (Wildman–Crippen LogP) is 1.19. The van der Waals surface area contributed by atoms with Gasteiger partial charge < -0.3 is 0 Å². The molecule has 0 amide bonds. The molecular formula is C10H10N4OS. The highest BCUT2D eigenvalue weighted by Gasteiger charge is 2.09. The lowest BCUT2D eigenvalue weighted by Crippen LogP contribution is -2.03. The molecule has 0 radical (unpaired) electrons. The fraction of sp³-hybridized carbons (Fsp3) is 0.200. The Morgan fingerprint density at radius 1 is 1.38 bits per heavy atom. The largest absolute Gasteiger partial charge is 0.293 e. The lowest BCUT2D eigenvalue weighted by molar-refractivity contribution is 0.102. The van der Waals surface area contributed by atoms with Crippen molar-refractivity contribution in [1.82, 2.24) is 20.2 Å². The quantitative estimate of drug-likeness (QED) is 0.587. The van der Waals surface area contributed by atoms with Crippen LogP contribution in [0.5, 0.6) is 0 Å². The van der Waals surface area contributed by atoms with Gasteiger partial charge in [0.15, 0.2) is 5.78 Å². The van der Waals surface area contributed by atoms with E-state index in [9.17, 15) is 4.79 Å². The van der Waals surface area contributed by atoms with Gasteiger partial charge in [-0.15, -0.1) is 5.10 Å². The second kappa shape index (κ2) is 4.89. The number of tetrazole rings is 1. The minimum absolute atomic E-state index is 0.0774. The summed E-state index contributed by atoms with van der Waals surface area (Å²) in [5.41, 5.74) is 0.713. The molecule has 0 aliphatic carbocycles. The zero-order chi connectivity index (χ0) is 11.4. The minimum Gasteiger partial charge on any atom is -0.293 e. The van der Waals surface area contributed by atoms with Gasteiger partial charge in [0.25, 0.3) is 0 Å². The van der Waals surface area contributed by atoms with E-state index < -0.39 is 0 Å². The highest BCUT2D eigenvalue weighted by atomic mass is 32.2. The zero-order valence-electron chi connectivity index (χ0n) is 8.70. The number of Topliss-reactive ketones (excluding diaryl/α,β-unsaturated/α-hetero) is 1. The molecule has 0 N–H and O–H groups in total. The summed E-state index contributed by atoms with van der Waals surface area (Å²) in [6, 6.07) is 9.19. The molecule has 2 rings (SSSR count). The van der Waals surface area contributed by atoms with E-state index in [4.69, 9.17) is 0 Å². The first kappa shape index (κ1) is 10.8. The van der Waals surface area contributed by atoms with Crippen LogP contribution < -0.4 is 0 Å². The summed E-state index contributed by atoms with van der Waals surface area (Å²) in [6.07, 6.45) is 0. The van der Waals surface area contributed by atoms with Crippen LogP contribution in [-0.2, 0) is 7.05 Å². The Kier molecular flexibility index (Phi) is 3.31. The highest BCUT2D eigenvalue weighted by molar-refractivity contribution is 7.99. The maximum absolute atomic E-state index is 11.8. The van der Waals surface area contributed by atoms with Crippen molar-refractivity contribution in [3.8, 4) is 0 Å². The average Bonchev–Trinajstić information content (AvgIpc) is 2.73. The summed E-state index contributed by atoms with van der Waals surface area (Å²) in [5, 5.41) is 11.6. The fourth-order valence-corrected chi connectivity index (χ4v) is 1.93. The van der Waals surface area contributed by atoms with E-state index in [1.165, 1.54) is 11.8 Å². The standard InChI is InChI=1S/C10H10N4OS/c1-14-10(11-12-13-14)16-7-9(15)8-5-3-2-4-6-8/h2-6H,7H2,1H3. The van der Waals surface area contributed by atoms with E-state index in [1.807, 2.05) is 18.2 Å². The number of hydrogen-bond donors (Lipinski definition) is 0. The third-order valence-corrected chi connectivity index (χ3v) is 3.02. The number of rotatable bonds is 4. The first-order valence-corrected chi connectivity index (χ1v) is 5.69. The molecule has 1 heterocycles. The minimum atomic E-state index is 0.0774. The molecule has 0 atom stereocenters. The number of nitrogens with zero attached hydrogens (tertiary/aromatic N) is 4. The Bertz CT molecular complexity index is 483. The molecule has 0 aliphatic heterocycles. The number of aryl methyl sites for hydroxylation is 1. The van der Waals surface area contributed by atoms with E-state index in [0.29, 0.717) is 16.5 Å². The van der Waals surface area contributed by atoms with Crippen molar-refractivity contribution in [3.05, 3.63) is 35.9 Å². The number of thioether (sulfide) groups is 1. The van der Waals surface area contributed by atoms with Crippen LogP contribution >= 0.6 is 11.8 Å². The number of benzene rings is 1. The van der Waals surface area contributed by atoms with Gasteiger partial charge in [0.05, 0.1) is 5.75 Å². The van der Waals surface area contributed by atoms with Gasteiger partial charge in [-0.3, -0.25) is 4.79 Å². The summed E-state index contributed by atoms with van der Waals surface area (Å²) in [6.45, 7) is 0. The molecule has 5 nitrogen and oxygen atoms in total. The van der Waals surface area contributed by atoms with Crippen LogP contribution in [0.15, 0.2) is 35.5 Å². The molecule has 0 aliphatic rings. The number of aromatic nitrogens is 4.